The van der Waals surface area contributed by atoms with E-state index in [0.717, 1.165) is 25.8 Å². The molecule has 0 aromatic carbocycles. The number of carbonyl (C=O) groups is 2. The molecule has 104 valence electrons. The summed E-state index contributed by atoms with van der Waals surface area (Å²) in [7, 11) is 0. The van der Waals surface area contributed by atoms with E-state index in [1.807, 2.05) is 13.8 Å². The van der Waals surface area contributed by atoms with E-state index in [4.69, 9.17) is 11.5 Å². The number of likely N-dealkylation sites (tertiary alicyclic amines) is 1. The van der Waals surface area contributed by atoms with Crippen molar-refractivity contribution in [1.29, 1.82) is 0 Å². The van der Waals surface area contributed by atoms with Gasteiger partial charge < -0.3 is 16.4 Å². The Kier molecular flexibility index (Phi) is 5.59. The molecule has 0 spiro atoms. The Hall–Kier alpha value is -1.10. The van der Waals surface area contributed by atoms with E-state index < -0.39 is 6.04 Å². The fourth-order valence-corrected chi connectivity index (χ4v) is 2.42. The highest BCUT2D eigenvalue weighted by Gasteiger charge is 2.29. The summed E-state index contributed by atoms with van der Waals surface area (Å²) in [6.45, 7) is 5.39. The van der Waals surface area contributed by atoms with Crippen molar-refractivity contribution >= 4 is 11.8 Å². The van der Waals surface area contributed by atoms with Gasteiger partial charge in [0, 0.05) is 19.5 Å². The Bertz CT molecular complexity index is 307. The number of nitrogens with zero attached hydrogens (tertiary/aromatic N) is 1. The summed E-state index contributed by atoms with van der Waals surface area (Å²) in [6.07, 6.45) is 3.15. The SMILES string of the molecule is CCC(C)C(N)C(=O)N1CCCC(CC(N)=O)C1. The number of hydrogen-bond acceptors (Lipinski definition) is 3. The van der Waals surface area contributed by atoms with Gasteiger partial charge in [0.05, 0.1) is 6.04 Å². The van der Waals surface area contributed by atoms with Crippen molar-refractivity contribution in [2.75, 3.05) is 13.1 Å². The number of nitrogens with two attached hydrogens (primary N) is 2. The average Bonchev–Trinajstić information content (AvgIpc) is 2.35. The summed E-state index contributed by atoms with van der Waals surface area (Å²) < 4.78 is 0. The molecule has 0 aliphatic carbocycles. The standard InChI is InChI=1S/C13H25N3O2/c1-3-9(2)12(15)13(18)16-6-4-5-10(8-16)7-11(14)17/h9-10,12H,3-8,15H2,1-2H3,(H2,14,17). The van der Waals surface area contributed by atoms with Gasteiger partial charge >= 0.3 is 0 Å². The first-order valence-electron chi connectivity index (χ1n) is 6.78. The predicted octanol–water partition coefficient (Wildman–Crippen LogP) is 0.474. The van der Waals surface area contributed by atoms with Gasteiger partial charge in [-0.2, -0.15) is 0 Å². The Labute approximate surface area is 109 Å². The second-order valence-corrected chi connectivity index (χ2v) is 5.37. The van der Waals surface area contributed by atoms with Gasteiger partial charge in [-0.05, 0) is 24.7 Å². The van der Waals surface area contributed by atoms with Gasteiger partial charge in [0.15, 0.2) is 0 Å². The molecular formula is C13H25N3O2. The molecule has 5 heteroatoms. The smallest absolute Gasteiger partial charge is 0.239 e. The first-order valence-corrected chi connectivity index (χ1v) is 6.78. The van der Waals surface area contributed by atoms with Crippen LogP contribution in [0.2, 0.25) is 0 Å². The van der Waals surface area contributed by atoms with E-state index in [0.29, 0.717) is 13.0 Å². The molecule has 0 saturated carbocycles. The Morgan fingerprint density at radius 3 is 2.67 bits per heavy atom. The molecule has 1 aliphatic rings. The van der Waals surface area contributed by atoms with Crippen molar-refractivity contribution in [3.05, 3.63) is 0 Å². The molecule has 4 N–H and O–H groups in total. The van der Waals surface area contributed by atoms with Crippen molar-refractivity contribution in [3.8, 4) is 0 Å². The molecule has 3 atom stereocenters. The summed E-state index contributed by atoms with van der Waals surface area (Å²) in [5.74, 6) is 0.109. The van der Waals surface area contributed by atoms with Crippen molar-refractivity contribution in [2.24, 2.45) is 23.3 Å². The Morgan fingerprint density at radius 2 is 2.11 bits per heavy atom. The predicted molar refractivity (Wildman–Crippen MR) is 70.5 cm³/mol. The molecule has 1 rings (SSSR count). The van der Waals surface area contributed by atoms with E-state index in [9.17, 15) is 9.59 Å². The molecule has 2 amide bonds. The minimum atomic E-state index is -0.428. The van der Waals surface area contributed by atoms with Crippen LogP contribution in [0.3, 0.4) is 0 Å². The maximum absolute atomic E-state index is 12.2. The van der Waals surface area contributed by atoms with E-state index in [1.165, 1.54) is 0 Å². The number of rotatable bonds is 5. The normalized spacial score (nSPS) is 23.5. The van der Waals surface area contributed by atoms with E-state index >= 15 is 0 Å². The molecule has 0 radical (unpaired) electrons. The molecule has 1 aliphatic heterocycles. The zero-order valence-electron chi connectivity index (χ0n) is 11.4. The molecule has 0 aromatic rings. The number of piperidine rings is 1. The molecule has 0 aromatic heterocycles. The summed E-state index contributed by atoms with van der Waals surface area (Å²) in [6, 6.07) is -0.428. The maximum atomic E-state index is 12.2. The van der Waals surface area contributed by atoms with Crippen LogP contribution < -0.4 is 11.5 Å². The lowest BCUT2D eigenvalue weighted by Gasteiger charge is -2.35. The lowest BCUT2D eigenvalue weighted by Crippen LogP contribution is -2.50. The van der Waals surface area contributed by atoms with Crippen molar-refractivity contribution < 1.29 is 9.59 Å². The third-order valence-corrected chi connectivity index (χ3v) is 3.86. The molecule has 0 bridgehead atoms. The lowest BCUT2D eigenvalue weighted by molar-refractivity contribution is -0.136. The number of amides is 2. The molecule has 1 fully saturated rings. The first kappa shape index (κ1) is 15.0. The zero-order chi connectivity index (χ0) is 13.7. The molecule has 18 heavy (non-hydrogen) atoms. The van der Waals surface area contributed by atoms with E-state index in [1.54, 1.807) is 4.90 Å². The van der Waals surface area contributed by atoms with Crippen LogP contribution >= 0.6 is 0 Å². The highest BCUT2D eigenvalue weighted by Crippen LogP contribution is 2.21. The van der Waals surface area contributed by atoms with Gasteiger partial charge in [-0.15, -0.1) is 0 Å². The quantitative estimate of drug-likeness (QED) is 0.748. The van der Waals surface area contributed by atoms with Gasteiger partial charge in [0.1, 0.15) is 0 Å². The van der Waals surface area contributed by atoms with Crippen molar-refractivity contribution in [1.82, 2.24) is 4.90 Å². The number of hydrogen-bond donors (Lipinski definition) is 2. The van der Waals surface area contributed by atoms with Crippen LogP contribution in [0, 0.1) is 11.8 Å². The van der Waals surface area contributed by atoms with Gasteiger partial charge in [0.25, 0.3) is 0 Å². The molecule has 1 saturated heterocycles. The van der Waals surface area contributed by atoms with Gasteiger partial charge in [0.2, 0.25) is 11.8 Å². The minimum absolute atomic E-state index is 0.0125. The summed E-state index contributed by atoms with van der Waals surface area (Å²) >= 11 is 0. The highest BCUT2D eigenvalue weighted by molar-refractivity contribution is 5.82. The van der Waals surface area contributed by atoms with Crippen LogP contribution in [0.5, 0.6) is 0 Å². The molecule has 5 nitrogen and oxygen atoms in total. The number of primary amides is 1. The monoisotopic (exact) mass is 255 g/mol. The summed E-state index contributed by atoms with van der Waals surface area (Å²) in [5.41, 5.74) is 11.2. The third kappa shape index (κ3) is 3.98. The third-order valence-electron chi connectivity index (χ3n) is 3.86. The van der Waals surface area contributed by atoms with Crippen LogP contribution in [-0.2, 0) is 9.59 Å². The average molecular weight is 255 g/mol. The lowest BCUT2D eigenvalue weighted by atomic mass is 9.92. The summed E-state index contributed by atoms with van der Waals surface area (Å²) in [4.78, 5) is 24.9. The number of carbonyl (C=O) groups excluding carboxylic acids is 2. The minimum Gasteiger partial charge on any atom is -0.370 e. The van der Waals surface area contributed by atoms with Crippen LogP contribution in [-0.4, -0.2) is 35.8 Å². The van der Waals surface area contributed by atoms with Crippen LogP contribution in [0.1, 0.15) is 39.5 Å². The fourth-order valence-electron chi connectivity index (χ4n) is 2.42. The van der Waals surface area contributed by atoms with E-state index in [2.05, 4.69) is 0 Å². The highest BCUT2D eigenvalue weighted by atomic mass is 16.2. The molecular weight excluding hydrogens is 230 g/mol. The Morgan fingerprint density at radius 1 is 1.44 bits per heavy atom. The van der Waals surface area contributed by atoms with Gasteiger partial charge in [-0.3, -0.25) is 9.59 Å². The zero-order valence-corrected chi connectivity index (χ0v) is 11.4. The Balaban J connectivity index is 2.55. The fraction of sp³-hybridized carbons (Fsp3) is 0.846. The van der Waals surface area contributed by atoms with Crippen molar-refractivity contribution in [3.63, 3.8) is 0 Å². The van der Waals surface area contributed by atoms with Crippen molar-refractivity contribution in [2.45, 2.75) is 45.6 Å². The van der Waals surface area contributed by atoms with E-state index in [-0.39, 0.29) is 23.7 Å². The van der Waals surface area contributed by atoms with Crippen LogP contribution in [0.4, 0.5) is 0 Å². The maximum Gasteiger partial charge on any atom is 0.239 e. The largest absolute Gasteiger partial charge is 0.370 e. The van der Waals surface area contributed by atoms with Crippen LogP contribution in [0.25, 0.3) is 0 Å². The molecule has 1 heterocycles. The molecule has 3 unspecified atom stereocenters. The topological polar surface area (TPSA) is 89.4 Å². The van der Waals surface area contributed by atoms with Gasteiger partial charge in [-0.1, -0.05) is 20.3 Å². The van der Waals surface area contributed by atoms with Gasteiger partial charge in [-0.25, -0.2) is 0 Å². The second-order valence-electron chi connectivity index (χ2n) is 5.37. The second kappa shape index (κ2) is 6.73. The first-order chi connectivity index (χ1) is 8.45. The summed E-state index contributed by atoms with van der Waals surface area (Å²) in [5, 5.41) is 0. The van der Waals surface area contributed by atoms with Crippen LogP contribution in [0.15, 0.2) is 0 Å².